The maximum Gasteiger partial charge on any atom is 0.257 e. The minimum atomic E-state index is -1.12. The van der Waals surface area contributed by atoms with E-state index in [1.165, 1.54) is 4.90 Å². The van der Waals surface area contributed by atoms with Crippen LogP contribution in [-0.4, -0.2) is 71.0 Å². The number of nitrogens with zero attached hydrogens (tertiary/aromatic N) is 4. The quantitative estimate of drug-likeness (QED) is 0.513. The van der Waals surface area contributed by atoms with Crippen molar-refractivity contribution in [3.8, 4) is 6.07 Å². The first-order chi connectivity index (χ1) is 18.4. The van der Waals surface area contributed by atoms with Gasteiger partial charge in [-0.25, -0.2) is 4.39 Å². The number of aromatic nitrogens is 1. The SMILES string of the molecule is Cc1ccc2c(NC3CCN(CC(=O)N4C[C@@H](F)C[C@H]4C#N)CC3)ccc(C(=O)Nc3ccccc3)c2n1. The van der Waals surface area contributed by atoms with E-state index in [1.807, 2.05) is 67.6 Å². The fourth-order valence-corrected chi connectivity index (χ4v) is 5.26. The summed E-state index contributed by atoms with van der Waals surface area (Å²) >= 11 is 0. The summed E-state index contributed by atoms with van der Waals surface area (Å²) < 4.78 is 13.7. The molecule has 0 bridgehead atoms. The van der Waals surface area contributed by atoms with Gasteiger partial charge in [-0.15, -0.1) is 0 Å². The number of carbonyl (C=O) groups excluding carboxylic acids is 2. The van der Waals surface area contributed by atoms with Crippen LogP contribution < -0.4 is 10.6 Å². The first kappa shape index (κ1) is 25.6. The van der Waals surface area contributed by atoms with Crippen molar-refractivity contribution in [1.29, 1.82) is 5.26 Å². The Bertz CT molecular complexity index is 1370. The molecule has 2 aliphatic rings. The molecule has 2 fully saturated rings. The van der Waals surface area contributed by atoms with Gasteiger partial charge in [0.1, 0.15) is 12.2 Å². The number of hydrogen-bond acceptors (Lipinski definition) is 6. The van der Waals surface area contributed by atoms with Crippen molar-refractivity contribution in [3.05, 3.63) is 65.9 Å². The molecule has 0 saturated carbocycles. The highest BCUT2D eigenvalue weighted by Crippen LogP contribution is 2.29. The van der Waals surface area contributed by atoms with Crippen LogP contribution in [0.1, 0.15) is 35.3 Å². The van der Waals surface area contributed by atoms with Crippen molar-refractivity contribution in [2.75, 3.05) is 36.8 Å². The molecule has 8 nitrogen and oxygen atoms in total. The minimum absolute atomic E-state index is 0.00896. The van der Waals surface area contributed by atoms with E-state index in [0.717, 1.165) is 48.4 Å². The van der Waals surface area contributed by atoms with Crippen LogP contribution in [0.2, 0.25) is 0 Å². The van der Waals surface area contributed by atoms with Gasteiger partial charge in [0.2, 0.25) is 5.91 Å². The summed E-state index contributed by atoms with van der Waals surface area (Å²) in [5, 5.41) is 16.7. The van der Waals surface area contributed by atoms with Crippen molar-refractivity contribution < 1.29 is 14.0 Å². The first-order valence-corrected chi connectivity index (χ1v) is 13.0. The van der Waals surface area contributed by atoms with Crippen molar-refractivity contribution in [2.45, 2.75) is 44.4 Å². The summed E-state index contributed by atoms with van der Waals surface area (Å²) in [5.41, 5.74) is 3.64. The Balaban J connectivity index is 1.24. The summed E-state index contributed by atoms with van der Waals surface area (Å²) in [5.74, 6) is -0.389. The Morgan fingerprint density at radius 3 is 2.61 bits per heavy atom. The van der Waals surface area contributed by atoms with E-state index in [4.69, 9.17) is 4.98 Å². The lowest BCUT2D eigenvalue weighted by molar-refractivity contribution is -0.132. The van der Waals surface area contributed by atoms with E-state index >= 15 is 0 Å². The van der Waals surface area contributed by atoms with E-state index in [1.54, 1.807) is 0 Å². The van der Waals surface area contributed by atoms with Gasteiger partial charge in [0.05, 0.1) is 30.2 Å². The molecule has 2 amide bonds. The molecule has 2 saturated heterocycles. The van der Waals surface area contributed by atoms with Gasteiger partial charge in [-0.3, -0.25) is 19.5 Å². The number of rotatable bonds is 6. The monoisotopic (exact) mass is 514 g/mol. The van der Waals surface area contributed by atoms with Gasteiger partial charge in [-0.05, 0) is 56.2 Å². The largest absolute Gasteiger partial charge is 0.382 e. The van der Waals surface area contributed by atoms with Crippen LogP contribution in [0.15, 0.2) is 54.6 Å². The Kier molecular flexibility index (Phi) is 7.52. The number of pyridine rings is 1. The second-order valence-electron chi connectivity index (χ2n) is 10.0. The number of piperidine rings is 1. The van der Waals surface area contributed by atoms with E-state index < -0.39 is 12.2 Å². The van der Waals surface area contributed by atoms with Crippen molar-refractivity contribution >= 4 is 34.1 Å². The summed E-state index contributed by atoms with van der Waals surface area (Å²) in [6, 6.07) is 18.6. The predicted octanol–water partition coefficient (Wildman–Crippen LogP) is 4.13. The third-order valence-electron chi connectivity index (χ3n) is 7.30. The molecule has 2 aliphatic heterocycles. The number of aryl methyl sites for hydroxylation is 1. The maximum atomic E-state index is 13.7. The van der Waals surface area contributed by atoms with Gasteiger partial charge >= 0.3 is 0 Å². The van der Waals surface area contributed by atoms with Crippen molar-refractivity contribution in [1.82, 2.24) is 14.8 Å². The number of alkyl halides is 1. The van der Waals surface area contributed by atoms with Crippen LogP contribution >= 0.6 is 0 Å². The second-order valence-corrected chi connectivity index (χ2v) is 10.0. The molecule has 0 spiro atoms. The molecule has 3 aromatic rings. The van der Waals surface area contributed by atoms with E-state index in [9.17, 15) is 19.2 Å². The molecule has 0 radical (unpaired) electrons. The summed E-state index contributed by atoms with van der Waals surface area (Å²) in [4.78, 5) is 33.9. The van der Waals surface area contributed by atoms with Gasteiger partial charge in [-0.2, -0.15) is 5.26 Å². The van der Waals surface area contributed by atoms with Crippen molar-refractivity contribution in [2.24, 2.45) is 0 Å². The molecule has 0 aliphatic carbocycles. The maximum absolute atomic E-state index is 13.7. The molecule has 3 heterocycles. The number of nitriles is 1. The zero-order valence-electron chi connectivity index (χ0n) is 21.4. The standard InChI is InChI=1S/C29H31FN6O2/c1-19-7-8-24-26(10-9-25(28(24)32-19)29(38)34-21-5-3-2-4-6-21)33-22-11-13-35(14-12-22)18-27(37)36-17-20(30)15-23(36)16-31/h2-10,20,22-23,33H,11-15,17-18H2,1H3,(H,34,38)/t20-,23-/m0/s1. The molecule has 0 unspecified atom stereocenters. The molecular weight excluding hydrogens is 483 g/mol. The van der Waals surface area contributed by atoms with Gasteiger partial charge in [0, 0.05) is 48.0 Å². The molecule has 38 heavy (non-hydrogen) atoms. The number of amides is 2. The molecule has 1 aromatic heterocycles. The summed E-state index contributed by atoms with van der Waals surface area (Å²) in [6.07, 6.45) is 0.640. The highest BCUT2D eigenvalue weighted by Gasteiger charge is 2.36. The topological polar surface area (TPSA) is 101 Å². The zero-order chi connectivity index (χ0) is 26.6. The van der Waals surface area contributed by atoms with E-state index in [0.29, 0.717) is 11.1 Å². The number of halogens is 1. The van der Waals surface area contributed by atoms with E-state index in [-0.39, 0.29) is 37.4 Å². The fraction of sp³-hybridized carbons (Fsp3) is 0.379. The number of nitrogens with one attached hydrogen (secondary N) is 2. The lowest BCUT2D eigenvalue weighted by Crippen LogP contribution is -2.46. The number of fused-ring (bicyclic) bond motifs is 1. The lowest BCUT2D eigenvalue weighted by Gasteiger charge is -2.33. The smallest absolute Gasteiger partial charge is 0.257 e. The van der Waals surface area contributed by atoms with Gasteiger partial charge in [0.25, 0.3) is 5.91 Å². The van der Waals surface area contributed by atoms with Crippen LogP contribution in [0, 0.1) is 18.3 Å². The molecule has 2 N–H and O–H groups in total. The summed E-state index contributed by atoms with van der Waals surface area (Å²) in [7, 11) is 0. The van der Waals surface area contributed by atoms with Crippen LogP contribution in [0.5, 0.6) is 0 Å². The van der Waals surface area contributed by atoms with Gasteiger partial charge in [0.15, 0.2) is 0 Å². The highest BCUT2D eigenvalue weighted by atomic mass is 19.1. The number of para-hydroxylation sites is 1. The van der Waals surface area contributed by atoms with Crippen LogP contribution in [0.25, 0.3) is 10.9 Å². The molecule has 196 valence electrons. The molecule has 2 aromatic carbocycles. The molecule has 2 atom stereocenters. The Morgan fingerprint density at radius 1 is 1.11 bits per heavy atom. The van der Waals surface area contributed by atoms with Crippen LogP contribution in [-0.2, 0) is 4.79 Å². The lowest BCUT2D eigenvalue weighted by atomic mass is 10.0. The highest BCUT2D eigenvalue weighted by molar-refractivity contribution is 6.13. The normalized spacial score (nSPS) is 20.3. The second kappa shape index (κ2) is 11.2. The number of likely N-dealkylation sites (tertiary alicyclic amines) is 2. The minimum Gasteiger partial charge on any atom is -0.382 e. The van der Waals surface area contributed by atoms with Crippen molar-refractivity contribution in [3.63, 3.8) is 0 Å². The van der Waals surface area contributed by atoms with Crippen LogP contribution in [0.4, 0.5) is 15.8 Å². The first-order valence-electron chi connectivity index (χ1n) is 13.0. The Morgan fingerprint density at radius 2 is 1.87 bits per heavy atom. The van der Waals surface area contributed by atoms with E-state index in [2.05, 4.69) is 15.5 Å². The van der Waals surface area contributed by atoms with Crippen LogP contribution in [0.3, 0.4) is 0 Å². The number of benzene rings is 2. The summed E-state index contributed by atoms with van der Waals surface area (Å²) in [6.45, 7) is 3.56. The number of carbonyl (C=O) groups is 2. The van der Waals surface area contributed by atoms with Gasteiger partial charge < -0.3 is 15.5 Å². The molecule has 5 rings (SSSR count). The average molecular weight is 515 g/mol. The Labute approximate surface area is 221 Å². The fourth-order valence-electron chi connectivity index (χ4n) is 5.26. The van der Waals surface area contributed by atoms with Gasteiger partial charge in [-0.1, -0.05) is 18.2 Å². The Hall–Kier alpha value is -4.03. The molecule has 9 heteroatoms. The third kappa shape index (κ3) is 5.60. The number of hydrogen-bond donors (Lipinski definition) is 2. The zero-order valence-corrected chi connectivity index (χ0v) is 21.4. The molecular formula is C29H31FN6O2. The third-order valence-corrected chi connectivity index (χ3v) is 7.30. The predicted molar refractivity (Wildman–Crippen MR) is 145 cm³/mol. The average Bonchev–Trinajstić information content (AvgIpc) is 3.31. The number of anilines is 2.